The second-order valence-corrected chi connectivity index (χ2v) is 11.8. The summed E-state index contributed by atoms with van der Waals surface area (Å²) in [7, 11) is 1.61. The number of hydrogen-bond donors (Lipinski definition) is 2. The van der Waals surface area contributed by atoms with E-state index in [1.165, 1.54) is 0 Å². The Kier molecular flexibility index (Phi) is 5.57. The fourth-order valence-corrected chi connectivity index (χ4v) is 7.49. The Bertz CT molecular complexity index is 996. The van der Waals surface area contributed by atoms with Crippen LogP contribution in [0.4, 0.5) is 0 Å². The highest BCUT2D eigenvalue weighted by Gasteiger charge is 2.82. The van der Waals surface area contributed by atoms with E-state index >= 15 is 0 Å². The van der Waals surface area contributed by atoms with Crippen molar-refractivity contribution in [2.45, 2.75) is 91.0 Å². The molecule has 0 amide bonds. The zero-order chi connectivity index (χ0) is 24.6. The van der Waals surface area contributed by atoms with Crippen LogP contribution in [0.1, 0.15) is 71.4 Å². The minimum atomic E-state index is -0.688. The summed E-state index contributed by atoms with van der Waals surface area (Å²) in [6, 6.07) is 3.51. The highest BCUT2D eigenvalue weighted by atomic mass is 16.6. The van der Waals surface area contributed by atoms with Crippen LogP contribution < -0.4 is 4.74 Å². The number of ether oxygens (including phenoxy) is 2. The summed E-state index contributed by atoms with van der Waals surface area (Å²) in [5.41, 5.74) is 0.627. The van der Waals surface area contributed by atoms with Crippen LogP contribution in [0.25, 0.3) is 0 Å². The minimum absolute atomic E-state index is 0.119. The average molecular weight is 457 g/mol. The summed E-state index contributed by atoms with van der Waals surface area (Å²) in [6.07, 6.45) is 3.28. The van der Waals surface area contributed by atoms with E-state index in [1.54, 1.807) is 13.2 Å². The number of hydrogen-bond acceptors (Lipinski definition) is 5. The number of ketones is 1. The number of Topliss-reactive ketones (excluding diaryl/α,β-unsaturated/α-hetero) is 1. The van der Waals surface area contributed by atoms with Gasteiger partial charge in [-0.2, -0.15) is 0 Å². The molecule has 5 heteroatoms. The first-order valence-corrected chi connectivity index (χ1v) is 12.2. The smallest absolute Gasteiger partial charge is 0.146 e. The van der Waals surface area contributed by atoms with Gasteiger partial charge in [0.2, 0.25) is 0 Å². The largest absolute Gasteiger partial charge is 0.508 e. The predicted octanol–water partition coefficient (Wildman–Crippen LogP) is 5.14. The van der Waals surface area contributed by atoms with Gasteiger partial charge in [-0.3, -0.25) is 4.79 Å². The predicted molar refractivity (Wildman–Crippen MR) is 128 cm³/mol. The molecule has 1 saturated heterocycles. The van der Waals surface area contributed by atoms with Crippen LogP contribution in [0.5, 0.6) is 11.5 Å². The molecule has 1 aromatic carbocycles. The van der Waals surface area contributed by atoms with E-state index in [0.29, 0.717) is 24.2 Å². The molecule has 6 atom stereocenters. The van der Waals surface area contributed by atoms with Gasteiger partial charge in [-0.05, 0) is 75.6 Å². The lowest BCUT2D eigenvalue weighted by atomic mass is 9.36. The number of carbonyl (C=O) groups excluding carboxylic acids is 1. The van der Waals surface area contributed by atoms with Gasteiger partial charge < -0.3 is 19.7 Å². The van der Waals surface area contributed by atoms with Crippen LogP contribution in [-0.4, -0.2) is 40.4 Å². The van der Waals surface area contributed by atoms with E-state index in [-0.39, 0.29) is 28.3 Å². The zero-order valence-electron chi connectivity index (χ0n) is 21.2. The van der Waals surface area contributed by atoms with Gasteiger partial charge in [0.1, 0.15) is 17.3 Å². The molecule has 1 aromatic rings. The highest BCUT2D eigenvalue weighted by molar-refractivity contribution is 5.90. The molecule has 0 aromatic heterocycles. The van der Waals surface area contributed by atoms with Crippen molar-refractivity contribution >= 4 is 5.78 Å². The maximum absolute atomic E-state index is 14.3. The number of aromatic hydroxyl groups is 1. The van der Waals surface area contributed by atoms with E-state index in [1.807, 2.05) is 33.8 Å². The maximum atomic E-state index is 14.3. The lowest BCUT2D eigenvalue weighted by molar-refractivity contribution is -0.305. The number of methoxy groups -OCH3 is 1. The van der Waals surface area contributed by atoms with Crippen LogP contribution in [0.15, 0.2) is 24.3 Å². The van der Waals surface area contributed by atoms with E-state index in [2.05, 4.69) is 20.4 Å². The molecule has 4 rings (SSSR count). The van der Waals surface area contributed by atoms with Crippen LogP contribution in [-0.2, 0) is 16.0 Å². The van der Waals surface area contributed by atoms with Crippen LogP contribution >= 0.6 is 0 Å². The molecule has 2 aliphatic carbocycles. The van der Waals surface area contributed by atoms with Gasteiger partial charge >= 0.3 is 0 Å². The molecule has 33 heavy (non-hydrogen) atoms. The molecule has 0 bridgehead atoms. The monoisotopic (exact) mass is 456 g/mol. The Hall–Kier alpha value is -1.85. The molecule has 6 unspecified atom stereocenters. The van der Waals surface area contributed by atoms with E-state index in [0.717, 1.165) is 30.4 Å². The number of aliphatic hydroxyl groups is 1. The third-order valence-corrected chi connectivity index (χ3v) is 9.66. The van der Waals surface area contributed by atoms with Crippen molar-refractivity contribution in [2.24, 2.45) is 22.7 Å². The van der Waals surface area contributed by atoms with Crippen molar-refractivity contribution in [1.29, 1.82) is 0 Å². The Balaban J connectivity index is 1.73. The highest BCUT2D eigenvalue weighted by Crippen LogP contribution is 2.79. The maximum Gasteiger partial charge on any atom is 0.146 e. The van der Waals surface area contributed by atoms with E-state index in [4.69, 9.17) is 9.47 Å². The second kappa shape index (κ2) is 7.58. The van der Waals surface area contributed by atoms with Gasteiger partial charge in [0.25, 0.3) is 0 Å². The number of fused-ring (bicyclic) bond motifs is 2. The molecule has 1 heterocycles. The van der Waals surface area contributed by atoms with Crippen LogP contribution in [0, 0.1) is 29.6 Å². The van der Waals surface area contributed by atoms with Crippen molar-refractivity contribution < 1.29 is 24.5 Å². The molecule has 2 N–H and O–H groups in total. The van der Waals surface area contributed by atoms with Crippen molar-refractivity contribution in [3.8, 4) is 11.5 Å². The summed E-state index contributed by atoms with van der Waals surface area (Å²) in [5.74, 6) is 0.214. The van der Waals surface area contributed by atoms with Gasteiger partial charge in [-0.15, -0.1) is 0 Å². The van der Waals surface area contributed by atoms with Crippen molar-refractivity contribution in [2.75, 3.05) is 7.11 Å². The molecular weight excluding hydrogens is 416 g/mol. The molecule has 1 spiro atoms. The van der Waals surface area contributed by atoms with Crippen molar-refractivity contribution in [3.63, 3.8) is 0 Å². The van der Waals surface area contributed by atoms with Gasteiger partial charge in [0, 0.05) is 17.8 Å². The topological polar surface area (TPSA) is 76.0 Å². The Labute approximate surface area is 198 Å². The molecular formula is C28H40O5. The number of aliphatic hydroxyl groups excluding tert-OH is 1. The molecule has 5 nitrogen and oxygen atoms in total. The summed E-state index contributed by atoms with van der Waals surface area (Å²) in [4.78, 5) is 14.3. The summed E-state index contributed by atoms with van der Waals surface area (Å²) in [6.45, 7) is 16.3. The molecule has 2 saturated carbocycles. The van der Waals surface area contributed by atoms with Gasteiger partial charge in [-0.1, -0.05) is 32.4 Å². The Morgan fingerprint density at radius 1 is 1.27 bits per heavy atom. The summed E-state index contributed by atoms with van der Waals surface area (Å²) >= 11 is 0. The fraction of sp³-hybridized carbons (Fsp3) is 0.679. The first kappa shape index (κ1) is 24.3. The number of aryl methyl sites for hydroxylation is 1. The first-order chi connectivity index (χ1) is 15.2. The summed E-state index contributed by atoms with van der Waals surface area (Å²) < 4.78 is 12.1. The Morgan fingerprint density at radius 3 is 2.48 bits per heavy atom. The summed E-state index contributed by atoms with van der Waals surface area (Å²) in [5, 5.41) is 21.5. The lowest BCUT2D eigenvalue weighted by Crippen LogP contribution is -2.75. The molecule has 0 radical (unpaired) electrons. The lowest BCUT2D eigenvalue weighted by Gasteiger charge is -2.70. The van der Waals surface area contributed by atoms with Crippen molar-refractivity contribution in [1.82, 2.24) is 0 Å². The van der Waals surface area contributed by atoms with Crippen molar-refractivity contribution in [3.05, 3.63) is 35.4 Å². The van der Waals surface area contributed by atoms with Gasteiger partial charge in [0.05, 0.1) is 30.3 Å². The first-order valence-electron chi connectivity index (χ1n) is 12.2. The number of benzene rings is 1. The normalized spacial score (nSPS) is 37.5. The van der Waals surface area contributed by atoms with Crippen LogP contribution in [0.2, 0.25) is 0 Å². The SMILES string of the molecule is C=C(C)C(Cc1cc(OC)c(C)cc1O)C(=O)C1C2(C)CCCC2(C)C12CC(O)C(C)(C)O2. The minimum Gasteiger partial charge on any atom is -0.508 e. The molecule has 1 aliphatic heterocycles. The molecule has 182 valence electrons. The number of rotatable bonds is 6. The van der Waals surface area contributed by atoms with E-state index < -0.39 is 23.2 Å². The zero-order valence-corrected chi connectivity index (χ0v) is 21.2. The number of phenolic OH excluding ortho intramolecular Hbond substituents is 1. The standard InChI is InChI=1S/C28H40O5/c1-16(2)19(13-18-14-21(32-8)17(3)12-20(18)29)23(31)24-26(6)10-9-11-27(26,7)28(24)15-22(30)25(4,5)33-28/h12,14,19,22,24,29-30H,1,9-11,13,15H2,2-8H3. The van der Waals surface area contributed by atoms with Crippen LogP contribution in [0.3, 0.4) is 0 Å². The Morgan fingerprint density at radius 2 is 1.94 bits per heavy atom. The third kappa shape index (κ3) is 3.15. The molecule has 3 aliphatic rings. The number of carbonyl (C=O) groups is 1. The fourth-order valence-electron chi connectivity index (χ4n) is 7.49. The average Bonchev–Trinajstić information content (AvgIpc) is 3.12. The number of phenols is 1. The van der Waals surface area contributed by atoms with Gasteiger partial charge in [-0.25, -0.2) is 0 Å². The van der Waals surface area contributed by atoms with Gasteiger partial charge in [0.15, 0.2) is 0 Å². The quantitative estimate of drug-likeness (QED) is 0.580. The molecule has 3 fully saturated rings. The van der Waals surface area contributed by atoms with E-state index in [9.17, 15) is 15.0 Å². The second-order valence-electron chi connectivity index (χ2n) is 11.8. The number of allylic oxidation sites excluding steroid dienone is 1. The third-order valence-electron chi connectivity index (χ3n) is 9.66.